The second kappa shape index (κ2) is 3.96. The number of primary amides is 1. The summed E-state index contributed by atoms with van der Waals surface area (Å²) >= 11 is 0. The van der Waals surface area contributed by atoms with Crippen LogP contribution in [0.15, 0.2) is 24.3 Å². The molecule has 1 aliphatic rings. The maximum Gasteiger partial charge on any atom is 0.227 e. The average Bonchev–Trinajstić information content (AvgIpc) is 2.62. The number of nitrogens with zero attached hydrogens (tertiary/aromatic N) is 1. The number of nitrogens with two attached hydrogens (primary N) is 1. The van der Waals surface area contributed by atoms with Gasteiger partial charge < -0.3 is 10.6 Å². The van der Waals surface area contributed by atoms with Crippen LogP contribution in [0.4, 0.5) is 5.69 Å². The summed E-state index contributed by atoms with van der Waals surface area (Å²) in [7, 11) is 0. The first-order valence-electron chi connectivity index (χ1n) is 5.24. The van der Waals surface area contributed by atoms with Gasteiger partial charge in [-0.3, -0.25) is 9.59 Å². The van der Waals surface area contributed by atoms with E-state index in [9.17, 15) is 9.59 Å². The Morgan fingerprint density at radius 2 is 2.00 bits per heavy atom. The Bertz CT molecular complexity index is 425. The van der Waals surface area contributed by atoms with Gasteiger partial charge in [-0.25, -0.2) is 0 Å². The number of amides is 2. The van der Waals surface area contributed by atoms with E-state index in [0.717, 1.165) is 11.3 Å². The Morgan fingerprint density at radius 1 is 1.38 bits per heavy atom. The fourth-order valence-electron chi connectivity index (χ4n) is 1.87. The highest BCUT2D eigenvalue weighted by molar-refractivity contribution is 6.00. The number of carbonyl (C=O) groups is 2. The second-order valence-corrected chi connectivity index (χ2v) is 4.14. The van der Waals surface area contributed by atoms with Crippen LogP contribution in [-0.2, 0) is 9.59 Å². The molecule has 1 fully saturated rings. The highest BCUT2D eigenvalue weighted by atomic mass is 16.2. The first-order valence-corrected chi connectivity index (χ1v) is 5.24. The van der Waals surface area contributed by atoms with Crippen molar-refractivity contribution in [2.75, 3.05) is 11.4 Å². The van der Waals surface area contributed by atoms with E-state index in [-0.39, 0.29) is 18.2 Å². The van der Waals surface area contributed by atoms with Gasteiger partial charge in [-0.05, 0) is 19.1 Å². The van der Waals surface area contributed by atoms with E-state index in [0.29, 0.717) is 6.54 Å². The van der Waals surface area contributed by atoms with Crippen LogP contribution in [0.3, 0.4) is 0 Å². The van der Waals surface area contributed by atoms with Gasteiger partial charge in [0.2, 0.25) is 11.8 Å². The minimum absolute atomic E-state index is 0.0346. The highest BCUT2D eigenvalue weighted by Crippen LogP contribution is 2.24. The van der Waals surface area contributed by atoms with E-state index in [2.05, 4.69) is 0 Å². The van der Waals surface area contributed by atoms with Gasteiger partial charge in [-0.15, -0.1) is 0 Å². The van der Waals surface area contributed by atoms with Gasteiger partial charge in [0.05, 0.1) is 5.92 Å². The summed E-state index contributed by atoms with van der Waals surface area (Å²) in [5.41, 5.74) is 7.18. The number of benzene rings is 1. The fourth-order valence-corrected chi connectivity index (χ4v) is 1.87. The molecule has 1 atom stereocenters. The van der Waals surface area contributed by atoms with Crippen LogP contribution in [-0.4, -0.2) is 18.4 Å². The van der Waals surface area contributed by atoms with Gasteiger partial charge >= 0.3 is 0 Å². The van der Waals surface area contributed by atoms with Gasteiger partial charge in [0.15, 0.2) is 0 Å². The predicted molar refractivity (Wildman–Crippen MR) is 60.8 cm³/mol. The molecule has 0 spiro atoms. The smallest absolute Gasteiger partial charge is 0.227 e. The van der Waals surface area contributed by atoms with Crippen molar-refractivity contribution in [2.45, 2.75) is 13.3 Å². The zero-order chi connectivity index (χ0) is 11.7. The minimum atomic E-state index is -0.400. The average molecular weight is 218 g/mol. The normalized spacial score (nSPS) is 20.2. The van der Waals surface area contributed by atoms with Crippen molar-refractivity contribution < 1.29 is 9.59 Å². The van der Waals surface area contributed by atoms with Crippen LogP contribution >= 0.6 is 0 Å². The lowest BCUT2D eigenvalue weighted by molar-refractivity contribution is -0.123. The molecule has 0 unspecified atom stereocenters. The molecule has 16 heavy (non-hydrogen) atoms. The molecule has 0 bridgehead atoms. The molecule has 1 aromatic carbocycles. The van der Waals surface area contributed by atoms with Crippen molar-refractivity contribution in [3.8, 4) is 0 Å². The molecule has 2 N–H and O–H groups in total. The van der Waals surface area contributed by atoms with Crippen LogP contribution in [0, 0.1) is 12.8 Å². The Kier molecular flexibility index (Phi) is 2.64. The van der Waals surface area contributed by atoms with Crippen molar-refractivity contribution in [3.05, 3.63) is 29.8 Å². The molecular weight excluding hydrogens is 204 g/mol. The van der Waals surface area contributed by atoms with E-state index in [4.69, 9.17) is 5.73 Å². The van der Waals surface area contributed by atoms with Crippen LogP contribution in [0.2, 0.25) is 0 Å². The van der Waals surface area contributed by atoms with Crippen LogP contribution in [0.1, 0.15) is 12.0 Å². The number of hydrogen-bond acceptors (Lipinski definition) is 2. The van der Waals surface area contributed by atoms with E-state index in [1.807, 2.05) is 31.2 Å². The van der Waals surface area contributed by atoms with Crippen molar-refractivity contribution in [1.29, 1.82) is 0 Å². The summed E-state index contributed by atoms with van der Waals surface area (Å²) in [5, 5.41) is 0. The summed E-state index contributed by atoms with van der Waals surface area (Å²) in [5.74, 6) is -0.788. The molecule has 84 valence electrons. The van der Waals surface area contributed by atoms with Crippen LogP contribution in [0.25, 0.3) is 0 Å². The van der Waals surface area contributed by atoms with Crippen LogP contribution in [0.5, 0.6) is 0 Å². The number of hydrogen-bond donors (Lipinski definition) is 1. The molecule has 0 aliphatic carbocycles. The third kappa shape index (κ3) is 1.91. The number of carbonyl (C=O) groups excluding carboxylic acids is 2. The van der Waals surface area contributed by atoms with Gasteiger partial charge in [-0.2, -0.15) is 0 Å². The molecule has 2 amide bonds. The molecular formula is C12H14N2O2. The number of rotatable bonds is 2. The molecule has 1 aromatic rings. The SMILES string of the molecule is Cc1ccc(N2C[C@@H](C(N)=O)CC2=O)cc1. The Labute approximate surface area is 94.0 Å². The second-order valence-electron chi connectivity index (χ2n) is 4.14. The molecule has 1 aliphatic heterocycles. The van der Waals surface area contributed by atoms with Crippen molar-refractivity contribution in [1.82, 2.24) is 0 Å². The molecule has 4 heteroatoms. The topological polar surface area (TPSA) is 63.4 Å². The number of aryl methyl sites for hydroxylation is 1. The standard InChI is InChI=1S/C12H14N2O2/c1-8-2-4-10(5-3-8)14-7-9(12(13)16)6-11(14)15/h2-5,9H,6-7H2,1H3,(H2,13,16)/t9-/m0/s1. The van der Waals surface area contributed by atoms with Crippen molar-refractivity contribution in [2.24, 2.45) is 11.7 Å². The fraction of sp³-hybridized carbons (Fsp3) is 0.333. The largest absolute Gasteiger partial charge is 0.369 e. The molecule has 0 aromatic heterocycles. The van der Waals surface area contributed by atoms with E-state index in [1.165, 1.54) is 0 Å². The van der Waals surface area contributed by atoms with Gasteiger partial charge in [-0.1, -0.05) is 17.7 Å². The predicted octanol–water partition coefficient (Wildman–Crippen LogP) is 0.833. The van der Waals surface area contributed by atoms with Gasteiger partial charge in [0.25, 0.3) is 0 Å². The zero-order valence-corrected chi connectivity index (χ0v) is 9.14. The molecule has 0 radical (unpaired) electrons. The Hall–Kier alpha value is -1.84. The molecule has 2 rings (SSSR count). The summed E-state index contributed by atoms with van der Waals surface area (Å²) in [6.07, 6.45) is 0.225. The monoisotopic (exact) mass is 218 g/mol. The van der Waals surface area contributed by atoms with Gasteiger partial charge in [0, 0.05) is 18.7 Å². The summed E-state index contributed by atoms with van der Waals surface area (Å²) in [6, 6.07) is 7.66. The lowest BCUT2D eigenvalue weighted by Crippen LogP contribution is -2.28. The minimum Gasteiger partial charge on any atom is -0.369 e. The summed E-state index contributed by atoms with van der Waals surface area (Å²) in [6.45, 7) is 2.39. The first-order chi connectivity index (χ1) is 7.58. The van der Waals surface area contributed by atoms with E-state index < -0.39 is 5.91 Å². The Morgan fingerprint density at radius 3 is 2.50 bits per heavy atom. The number of anilines is 1. The van der Waals surface area contributed by atoms with Crippen molar-refractivity contribution in [3.63, 3.8) is 0 Å². The molecule has 4 nitrogen and oxygen atoms in total. The molecule has 1 heterocycles. The highest BCUT2D eigenvalue weighted by Gasteiger charge is 2.33. The lowest BCUT2D eigenvalue weighted by atomic mass is 10.1. The van der Waals surface area contributed by atoms with E-state index in [1.54, 1.807) is 4.90 Å². The quantitative estimate of drug-likeness (QED) is 0.799. The van der Waals surface area contributed by atoms with Crippen molar-refractivity contribution >= 4 is 17.5 Å². The maximum atomic E-state index is 11.7. The van der Waals surface area contributed by atoms with E-state index >= 15 is 0 Å². The van der Waals surface area contributed by atoms with Gasteiger partial charge in [0.1, 0.15) is 0 Å². The molecule has 1 saturated heterocycles. The summed E-state index contributed by atoms with van der Waals surface area (Å²) < 4.78 is 0. The maximum absolute atomic E-state index is 11.7. The van der Waals surface area contributed by atoms with Crippen LogP contribution < -0.4 is 10.6 Å². The lowest BCUT2D eigenvalue weighted by Gasteiger charge is -2.16. The zero-order valence-electron chi connectivity index (χ0n) is 9.14. The third-order valence-electron chi connectivity index (χ3n) is 2.87. The summed E-state index contributed by atoms with van der Waals surface area (Å²) in [4.78, 5) is 24.3. The third-order valence-corrected chi connectivity index (χ3v) is 2.87. The Balaban J connectivity index is 2.20. The molecule has 0 saturated carbocycles. The first kappa shape index (κ1) is 10.7.